The van der Waals surface area contributed by atoms with E-state index in [2.05, 4.69) is 24.7 Å². The third-order valence-electron chi connectivity index (χ3n) is 5.82. The molecule has 0 aromatic rings. The number of rotatable bonds is 2. The monoisotopic (exact) mass is 280 g/mol. The van der Waals surface area contributed by atoms with Crippen molar-refractivity contribution in [2.24, 2.45) is 33.3 Å². The zero-order valence-electron chi connectivity index (χ0n) is 12.2. The molecule has 6 nitrogen and oxygen atoms in total. The van der Waals surface area contributed by atoms with E-state index in [4.69, 9.17) is 11.7 Å². The number of hydrogen-bond donors (Lipinski definition) is 4. The van der Waals surface area contributed by atoms with E-state index in [9.17, 15) is 9.59 Å². The summed E-state index contributed by atoms with van der Waals surface area (Å²) < 4.78 is 0. The SMILES string of the molecule is CC12CC3(C)CC(C(=O)NN)(C1)CC(C(=O)NN)(C2)C3. The van der Waals surface area contributed by atoms with E-state index in [1.165, 1.54) is 0 Å². The number of nitrogens with one attached hydrogen (secondary N) is 2. The lowest BCUT2D eigenvalue weighted by Gasteiger charge is -2.67. The molecule has 4 bridgehead atoms. The van der Waals surface area contributed by atoms with Gasteiger partial charge in [0.2, 0.25) is 11.8 Å². The van der Waals surface area contributed by atoms with Crippen molar-refractivity contribution in [3.05, 3.63) is 0 Å². The van der Waals surface area contributed by atoms with Gasteiger partial charge in [-0.25, -0.2) is 11.7 Å². The van der Waals surface area contributed by atoms with Gasteiger partial charge >= 0.3 is 0 Å². The Morgan fingerprint density at radius 3 is 1.40 bits per heavy atom. The van der Waals surface area contributed by atoms with Crippen molar-refractivity contribution in [1.82, 2.24) is 10.9 Å². The smallest absolute Gasteiger partial charge is 0.240 e. The van der Waals surface area contributed by atoms with Gasteiger partial charge in [-0.05, 0) is 49.4 Å². The van der Waals surface area contributed by atoms with Crippen LogP contribution in [0.2, 0.25) is 0 Å². The molecule has 4 aliphatic carbocycles. The summed E-state index contributed by atoms with van der Waals surface area (Å²) >= 11 is 0. The van der Waals surface area contributed by atoms with Gasteiger partial charge in [-0.1, -0.05) is 13.8 Å². The molecule has 0 saturated heterocycles. The Labute approximate surface area is 119 Å². The molecule has 4 aliphatic rings. The summed E-state index contributed by atoms with van der Waals surface area (Å²) in [5, 5.41) is 0. The van der Waals surface area contributed by atoms with Gasteiger partial charge in [-0.15, -0.1) is 0 Å². The standard InChI is InChI=1S/C14H24N4O2/c1-11-3-12(2)6-13(4-11,9(19)17-15)8-14(5-11,7-12)10(20)18-16/h3-8,15-16H2,1-2H3,(H,17,19)(H,18,20). The summed E-state index contributed by atoms with van der Waals surface area (Å²) in [6, 6.07) is 0. The van der Waals surface area contributed by atoms with Crippen LogP contribution in [-0.2, 0) is 9.59 Å². The Morgan fingerprint density at radius 1 is 0.750 bits per heavy atom. The first-order valence-electron chi connectivity index (χ1n) is 7.23. The van der Waals surface area contributed by atoms with Gasteiger partial charge in [0.1, 0.15) is 0 Å². The highest BCUT2D eigenvalue weighted by Crippen LogP contribution is 2.73. The predicted molar refractivity (Wildman–Crippen MR) is 73.4 cm³/mol. The molecule has 2 amide bonds. The molecule has 112 valence electrons. The number of carbonyl (C=O) groups excluding carboxylic acids is 2. The maximum absolute atomic E-state index is 12.4. The van der Waals surface area contributed by atoms with Gasteiger partial charge in [0.15, 0.2) is 0 Å². The fourth-order valence-corrected chi connectivity index (χ4v) is 6.48. The zero-order valence-corrected chi connectivity index (χ0v) is 12.2. The normalized spacial score (nSPS) is 49.0. The molecule has 4 rings (SSSR count). The third kappa shape index (κ3) is 1.64. The molecule has 0 aliphatic heterocycles. The molecule has 6 heteroatoms. The summed E-state index contributed by atoms with van der Waals surface area (Å²) in [5.74, 6) is 10.6. The Morgan fingerprint density at radius 2 is 1.10 bits per heavy atom. The number of amides is 2. The Bertz CT molecular complexity index is 434. The van der Waals surface area contributed by atoms with Crippen LogP contribution in [0.3, 0.4) is 0 Å². The number of hydrazine groups is 2. The van der Waals surface area contributed by atoms with Crippen molar-refractivity contribution in [2.45, 2.75) is 52.4 Å². The van der Waals surface area contributed by atoms with E-state index in [1.54, 1.807) is 0 Å². The lowest BCUT2D eigenvalue weighted by Crippen LogP contribution is -2.67. The van der Waals surface area contributed by atoms with E-state index in [0.29, 0.717) is 6.42 Å². The fourth-order valence-electron chi connectivity index (χ4n) is 6.48. The first-order chi connectivity index (χ1) is 9.21. The summed E-state index contributed by atoms with van der Waals surface area (Å²) in [6.07, 6.45) is 4.91. The number of hydrogen-bond acceptors (Lipinski definition) is 4. The van der Waals surface area contributed by atoms with Crippen molar-refractivity contribution in [3.8, 4) is 0 Å². The van der Waals surface area contributed by atoms with E-state index in [0.717, 1.165) is 32.1 Å². The summed E-state index contributed by atoms with van der Waals surface area (Å²) in [6.45, 7) is 4.39. The van der Waals surface area contributed by atoms with Crippen LogP contribution in [0.4, 0.5) is 0 Å². The van der Waals surface area contributed by atoms with Crippen LogP contribution in [0, 0.1) is 21.7 Å². The molecule has 0 unspecified atom stereocenters. The molecule has 0 atom stereocenters. The molecular weight excluding hydrogens is 256 g/mol. The first kappa shape index (κ1) is 13.8. The van der Waals surface area contributed by atoms with Crippen LogP contribution in [0.25, 0.3) is 0 Å². The molecule has 4 saturated carbocycles. The maximum Gasteiger partial charge on any atom is 0.240 e. The molecule has 4 fully saturated rings. The predicted octanol–water partition coefficient (Wildman–Crippen LogP) is 0.333. The molecule has 6 N–H and O–H groups in total. The van der Waals surface area contributed by atoms with Gasteiger partial charge in [0.05, 0.1) is 10.8 Å². The highest BCUT2D eigenvalue weighted by Gasteiger charge is 2.69. The number of carbonyl (C=O) groups is 2. The largest absolute Gasteiger partial charge is 0.294 e. The van der Waals surface area contributed by atoms with Crippen molar-refractivity contribution in [3.63, 3.8) is 0 Å². The molecule has 20 heavy (non-hydrogen) atoms. The van der Waals surface area contributed by atoms with E-state index in [1.807, 2.05) is 0 Å². The van der Waals surface area contributed by atoms with Crippen molar-refractivity contribution < 1.29 is 9.59 Å². The van der Waals surface area contributed by atoms with Crippen LogP contribution in [0.1, 0.15) is 52.4 Å². The van der Waals surface area contributed by atoms with Crippen LogP contribution in [0.15, 0.2) is 0 Å². The zero-order chi connectivity index (χ0) is 14.8. The van der Waals surface area contributed by atoms with Crippen LogP contribution < -0.4 is 22.5 Å². The number of nitrogens with two attached hydrogens (primary N) is 2. The van der Waals surface area contributed by atoms with E-state index in [-0.39, 0.29) is 22.6 Å². The van der Waals surface area contributed by atoms with Crippen molar-refractivity contribution in [1.29, 1.82) is 0 Å². The topological polar surface area (TPSA) is 110 Å². The Kier molecular flexibility index (Phi) is 2.58. The highest BCUT2D eigenvalue weighted by atomic mass is 16.2. The van der Waals surface area contributed by atoms with Gasteiger partial charge in [-0.3, -0.25) is 20.4 Å². The first-order valence-corrected chi connectivity index (χ1v) is 7.23. The Balaban J connectivity index is 2.10. The van der Waals surface area contributed by atoms with Crippen LogP contribution >= 0.6 is 0 Å². The molecule has 0 aromatic carbocycles. The summed E-state index contributed by atoms with van der Waals surface area (Å²) in [4.78, 5) is 24.8. The van der Waals surface area contributed by atoms with E-state index < -0.39 is 10.8 Å². The highest BCUT2D eigenvalue weighted by molar-refractivity contribution is 5.88. The lowest BCUT2D eigenvalue weighted by molar-refractivity contribution is -0.199. The van der Waals surface area contributed by atoms with Crippen molar-refractivity contribution >= 4 is 11.8 Å². The second-order valence-electron chi connectivity index (χ2n) is 8.19. The minimum absolute atomic E-state index is 0.0164. The third-order valence-corrected chi connectivity index (χ3v) is 5.82. The van der Waals surface area contributed by atoms with Gasteiger partial charge < -0.3 is 0 Å². The van der Waals surface area contributed by atoms with Gasteiger partial charge in [0, 0.05) is 0 Å². The maximum atomic E-state index is 12.4. The second kappa shape index (κ2) is 3.74. The molecule has 0 aromatic heterocycles. The average Bonchev–Trinajstić information content (AvgIpc) is 2.32. The second-order valence-corrected chi connectivity index (χ2v) is 8.19. The fraction of sp³-hybridized carbons (Fsp3) is 0.857. The summed E-state index contributed by atoms with van der Waals surface area (Å²) in [5.41, 5.74) is 3.66. The van der Waals surface area contributed by atoms with Gasteiger partial charge in [0.25, 0.3) is 0 Å². The van der Waals surface area contributed by atoms with Gasteiger partial charge in [-0.2, -0.15) is 0 Å². The molecule has 0 radical (unpaired) electrons. The molecule has 0 spiro atoms. The lowest BCUT2D eigenvalue weighted by atomic mass is 9.36. The minimum atomic E-state index is -0.514. The summed E-state index contributed by atoms with van der Waals surface area (Å²) in [7, 11) is 0. The Hall–Kier alpha value is -1.14. The average molecular weight is 280 g/mol. The van der Waals surface area contributed by atoms with Crippen LogP contribution in [0.5, 0.6) is 0 Å². The van der Waals surface area contributed by atoms with Crippen molar-refractivity contribution in [2.75, 3.05) is 0 Å². The molecule has 0 heterocycles. The minimum Gasteiger partial charge on any atom is -0.294 e. The quantitative estimate of drug-likeness (QED) is 0.332. The molecular formula is C14H24N4O2. The van der Waals surface area contributed by atoms with Crippen LogP contribution in [-0.4, -0.2) is 11.8 Å². The van der Waals surface area contributed by atoms with E-state index >= 15 is 0 Å².